The molecule has 1 heterocycles. The molecule has 52 valence electrons. The van der Waals surface area contributed by atoms with E-state index in [1.54, 1.807) is 4.90 Å². The van der Waals surface area contributed by atoms with Crippen LogP contribution in [0.15, 0.2) is 4.40 Å². The minimum Gasteiger partial charge on any atom is -0.364 e. The molecule has 0 aromatic carbocycles. The zero-order chi connectivity index (χ0) is 6.85. The van der Waals surface area contributed by atoms with Crippen molar-refractivity contribution in [2.45, 2.75) is 0 Å². The fraction of sp³-hybridized carbons (Fsp3) is 0.750. The quantitative estimate of drug-likeness (QED) is 0.467. The molecule has 0 aliphatic carbocycles. The van der Waals surface area contributed by atoms with Crippen molar-refractivity contribution in [1.82, 2.24) is 4.90 Å². The molecular formula is C4H8N2O2S. The summed E-state index contributed by atoms with van der Waals surface area (Å²) in [5.74, 6) is 0.730. The number of rotatable bonds is 0. The SMILES string of the molecule is CN(C)C1=N[S@@](=O)OC1. The molecule has 0 N–H and O–H groups in total. The van der Waals surface area contributed by atoms with Gasteiger partial charge in [0, 0.05) is 14.1 Å². The van der Waals surface area contributed by atoms with Gasteiger partial charge in [-0.1, -0.05) is 0 Å². The van der Waals surface area contributed by atoms with E-state index in [0.717, 1.165) is 5.84 Å². The van der Waals surface area contributed by atoms with Crippen molar-refractivity contribution in [1.29, 1.82) is 0 Å². The summed E-state index contributed by atoms with van der Waals surface area (Å²) in [7, 11) is 3.68. The highest BCUT2D eigenvalue weighted by molar-refractivity contribution is 7.79. The van der Waals surface area contributed by atoms with Gasteiger partial charge in [0.05, 0.1) is 0 Å². The largest absolute Gasteiger partial charge is 0.364 e. The molecule has 1 aliphatic rings. The molecule has 4 nitrogen and oxygen atoms in total. The van der Waals surface area contributed by atoms with Crippen LogP contribution in [0.3, 0.4) is 0 Å². The third kappa shape index (κ3) is 1.49. The summed E-state index contributed by atoms with van der Waals surface area (Å²) in [6.45, 7) is 0.361. The van der Waals surface area contributed by atoms with Gasteiger partial charge in [-0.15, -0.1) is 4.40 Å². The van der Waals surface area contributed by atoms with E-state index in [2.05, 4.69) is 8.58 Å². The first-order chi connectivity index (χ1) is 4.20. The Bertz CT molecular complexity index is 166. The summed E-state index contributed by atoms with van der Waals surface area (Å²) >= 11 is -1.43. The summed E-state index contributed by atoms with van der Waals surface area (Å²) in [4.78, 5) is 1.78. The molecule has 1 aliphatic heterocycles. The monoisotopic (exact) mass is 148 g/mol. The molecule has 0 saturated heterocycles. The molecule has 5 heteroatoms. The number of hydrogen-bond donors (Lipinski definition) is 0. The Labute approximate surface area is 56.3 Å². The van der Waals surface area contributed by atoms with Gasteiger partial charge in [0.15, 0.2) is 0 Å². The third-order valence-electron chi connectivity index (χ3n) is 0.985. The minimum atomic E-state index is -1.43. The lowest BCUT2D eigenvalue weighted by molar-refractivity contribution is 0.406. The van der Waals surface area contributed by atoms with Crippen molar-refractivity contribution in [2.75, 3.05) is 20.7 Å². The van der Waals surface area contributed by atoms with Gasteiger partial charge in [-0.2, -0.15) is 0 Å². The van der Waals surface area contributed by atoms with Crippen LogP contribution in [0.25, 0.3) is 0 Å². The van der Waals surface area contributed by atoms with Crippen molar-refractivity contribution in [3.05, 3.63) is 0 Å². The van der Waals surface area contributed by atoms with Crippen LogP contribution in [0.1, 0.15) is 0 Å². The normalized spacial score (nSPS) is 26.0. The fourth-order valence-corrected chi connectivity index (χ4v) is 1.10. The fourth-order valence-electron chi connectivity index (χ4n) is 0.453. The van der Waals surface area contributed by atoms with Gasteiger partial charge in [0.25, 0.3) is 11.3 Å². The third-order valence-corrected chi connectivity index (χ3v) is 1.66. The zero-order valence-electron chi connectivity index (χ0n) is 5.33. The summed E-state index contributed by atoms with van der Waals surface area (Å²) < 4.78 is 18.8. The van der Waals surface area contributed by atoms with Gasteiger partial charge < -0.3 is 4.90 Å². The molecule has 1 atom stereocenters. The van der Waals surface area contributed by atoms with Crippen LogP contribution in [-0.2, 0) is 15.4 Å². The summed E-state index contributed by atoms with van der Waals surface area (Å²) in [5.41, 5.74) is 0. The van der Waals surface area contributed by atoms with E-state index in [9.17, 15) is 4.21 Å². The van der Waals surface area contributed by atoms with E-state index < -0.39 is 11.3 Å². The second-order valence-electron chi connectivity index (χ2n) is 1.88. The predicted octanol–water partition coefficient (Wildman–Crippen LogP) is -0.445. The van der Waals surface area contributed by atoms with Gasteiger partial charge >= 0.3 is 0 Å². The Morgan fingerprint density at radius 3 is 2.67 bits per heavy atom. The molecule has 0 aromatic heterocycles. The highest BCUT2D eigenvalue weighted by Gasteiger charge is 2.14. The summed E-state index contributed by atoms with van der Waals surface area (Å²) in [6, 6.07) is 0. The van der Waals surface area contributed by atoms with Crippen LogP contribution in [0.2, 0.25) is 0 Å². The lowest BCUT2D eigenvalue weighted by Gasteiger charge is -2.07. The maximum absolute atomic E-state index is 10.4. The second-order valence-corrected chi connectivity index (χ2v) is 2.73. The molecule has 0 saturated carbocycles. The van der Waals surface area contributed by atoms with Gasteiger partial charge in [-0.3, -0.25) is 4.18 Å². The molecule has 0 aromatic rings. The molecular weight excluding hydrogens is 140 g/mol. The Hall–Kier alpha value is -0.420. The first kappa shape index (κ1) is 6.70. The van der Waals surface area contributed by atoms with Crippen LogP contribution in [-0.4, -0.2) is 35.6 Å². The standard InChI is InChI=1S/C4H8N2O2S/c1-6(2)4-3-8-9(7)5-4/h3H2,1-2H3/t9-/m0/s1. The maximum atomic E-state index is 10.4. The van der Waals surface area contributed by atoms with Crippen LogP contribution >= 0.6 is 0 Å². The van der Waals surface area contributed by atoms with E-state index >= 15 is 0 Å². The van der Waals surface area contributed by atoms with Gasteiger partial charge in [-0.05, 0) is 0 Å². The zero-order valence-corrected chi connectivity index (χ0v) is 6.14. The van der Waals surface area contributed by atoms with Gasteiger partial charge in [-0.25, -0.2) is 4.21 Å². The maximum Gasteiger partial charge on any atom is 0.286 e. The Morgan fingerprint density at radius 2 is 2.44 bits per heavy atom. The first-order valence-electron chi connectivity index (χ1n) is 2.50. The highest BCUT2D eigenvalue weighted by Crippen LogP contribution is 2.01. The van der Waals surface area contributed by atoms with Crippen molar-refractivity contribution in [3.63, 3.8) is 0 Å². The Morgan fingerprint density at radius 1 is 1.78 bits per heavy atom. The van der Waals surface area contributed by atoms with Crippen LogP contribution < -0.4 is 0 Å². The number of hydrogen-bond acceptors (Lipinski definition) is 3. The van der Waals surface area contributed by atoms with E-state index in [1.807, 2.05) is 14.1 Å². The van der Waals surface area contributed by atoms with Crippen molar-refractivity contribution >= 4 is 17.1 Å². The van der Waals surface area contributed by atoms with Crippen LogP contribution in [0.5, 0.6) is 0 Å². The Balaban J connectivity index is 2.62. The molecule has 0 amide bonds. The number of amidine groups is 1. The molecule has 0 spiro atoms. The van der Waals surface area contributed by atoms with Crippen LogP contribution in [0, 0.1) is 0 Å². The Kier molecular flexibility index (Phi) is 1.82. The summed E-state index contributed by atoms with van der Waals surface area (Å²) in [6.07, 6.45) is 0. The van der Waals surface area contributed by atoms with E-state index in [-0.39, 0.29) is 0 Å². The highest BCUT2D eigenvalue weighted by atomic mass is 32.2. The topological polar surface area (TPSA) is 41.9 Å². The van der Waals surface area contributed by atoms with Crippen molar-refractivity contribution in [2.24, 2.45) is 4.40 Å². The lowest BCUT2D eigenvalue weighted by Crippen LogP contribution is -2.22. The molecule has 0 fully saturated rings. The molecule has 0 radical (unpaired) electrons. The number of nitrogens with zero attached hydrogens (tertiary/aromatic N) is 2. The van der Waals surface area contributed by atoms with Gasteiger partial charge in [0.2, 0.25) is 0 Å². The molecule has 1 rings (SSSR count). The lowest BCUT2D eigenvalue weighted by atomic mass is 10.6. The first-order valence-corrected chi connectivity index (χ1v) is 3.53. The average molecular weight is 148 g/mol. The van der Waals surface area contributed by atoms with E-state index in [4.69, 9.17) is 0 Å². The molecule has 9 heavy (non-hydrogen) atoms. The van der Waals surface area contributed by atoms with Crippen molar-refractivity contribution in [3.8, 4) is 0 Å². The summed E-state index contributed by atoms with van der Waals surface area (Å²) in [5, 5.41) is 0. The van der Waals surface area contributed by atoms with E-state index in [1.165, 1.54) is 0 Å². The average Bonchev–Trinajstić information content (AvgIpc) is 2.14. The number of likely N-dealkylation sites (N-methyl/N-ethyl adjacent to an activating group) is 1. The van der Waals surface area contributed by atoms with Gasteiger partial charge in [0.1, 0.15) is 12.4 Å². The molecule has 0 bridgehead atoms. The smallest absolute Gasteiger partial charge is 0.286 e. The van der Waals surface area contributed by atoms with Crippen molar-refractivity contribution < 1.29 is 8.39 Å². The van der Waals surface area contributed by atoms with Crippen LogP contribution in [0.4, 0.5) is 0 Å². The van der Waals surface area contributed by atoms with E-state index in [0.29, 0.717) is 6.61 Å². The minimum absolute atomic E-state index is 0.361. The second kappa shape index (κ2) is 2.45. The predicted molar refractivity (Wildman–Crippen MR) is 35.2 cm³/mol. The molecule has 0 unspecified atom stereocenters.